The van der Waals surface area contributed by atoms with Crippen LogP contribution in [0.15, 0.2) is 0 Å². The quantitative estimate of drug-likeness (QED) is 0.502. The van der Waals surface area contributed by atoms with Gasteiger partial charge in [0, 0.05) is 38.1 Å². The first-order chi connectivity index (χ1) is 6.39. The van der Waals surface area contributed by atoms with Gasteiger partial charge in [0.15, 0.2) is 0 Å². The minimum Gasteiger partial charge on any atom is -0.377 e. The largest absolute Gasteiger partial charge is 0.500 e. The molecule has 0 radical (unpaired) electrons. The summed E-state index contributed by atoms with van der Waals surface area (Å²) in [6.07, 6.45) is 0.369. The molecule has 0 rings (SSSR count). The fraction of sp³-hybridized carbons (Fsp3) is 1.00. The van der Waals surface area contributed by atoms with Crippen molar-refractivity contribution < 1.29 is 21.7 Å². The maximum atomic E-state index is 10.6. The predicted octanol–water partition coefficient (Wildman–Crippen LogP) is 0.823. The van der Waals surface area contributed by atoms with E-state index in [0.29, 0.717) is 12.5 Å². The van der Waals surface area contributed by atoms with E-state index < -0.39 is 17.9 Å². The van der Waals surface area contributed by atoms with Gasteiger partial charge in [-0.05, 0) is 6.42 Å². The number of rotatable bonds is 7. The van der Waals surface area contributed by atoms with Crippen molar-refractivity contribution in [1.82, 2.24) is 0 Å². The summed E-state index contributed by atoms with van der Waals surface area (Å²) < 4.78 is 36.6. The zero-order valence-electron chi connectivity index (χ0n) is 8.45. The number of hydrogen-bond donors (Lipinski definition) is 0. The van der Waals surface area contributed by atoms with Crippen LogP contribution in [0.2, 0.25) is 6.04 Å². The Kier molecular flexibility index (Phi) is 6.18. The molecular weight excluding hydrogens is 248 g/mol. The second kappa shape index (κ2) is 6.04. The van der Waals surface area contributed by atoms with Crippen molar-refractivity contribution in [2.24, 2.45) is 0 Å². The highest BCUT2D eigenvalue weighted by Crippen LogP contribution is 2.16. The molecule has 0 spiro atoms. The standard InChI is InChI=1S/C6H15ClO5SSi/c1-10-14(11-2,12-3)6-4-5-13(7,8)9/h4-6H2,1-3H3. The van der Waals surface area contributed by atoms with Gasteiger partial charge in [0.25, 0.3) is 0 Å². The third-order valence-corrected chi connectivity index (χ3v) is 5.88. The van der Waals surface area contributed by atoms with E-state index in [4.69, 9.17) is 24.0 Å². The van der Waals surface area contributed by atoms with Crippen molar-refractivity contribution in [2.45, 2.75) is 12.5 Å². The summed E-state index contributed by atoms with van der Waals surface area (Å²) >= 11 is 0. The molecule has 0 aromatic rings. The average Bonchev–Trinajstić information content (AvgIpc) is 2.11. The maximum absolute atomic E-state index is 10.6. The second-order valence-corrected chi connectivity index (χ2v) is 8.63. The molecule has 0 saturated heterocycles. The van der Waals surface area contributed by atoms with Gasteiger partial charge in [0.05, 0.1) is 5.75 Å². The third kappa shape index (κ3) is 5.28. The number of halogens is 1. The molecule has 0 fully saturated rings. The highest BCUT2D eigenvalue weighted by molar-refractivity contribution is 8.13. The molecule has 0 aromatic heterocycles. The summed E-state index contributed by atoms with van der Waals surface area (Å²) in [5, 5.41) is 0. The number of hydrogen-bond acceptors (Lipinski definition) is 5. The monoisotopic (exact) mass is 262 g/mol. The molecule has 0 aliphatic carbocycles. The van der Waals surface area contributed by atoms with Crippen LogP contribution in [0.4, 0.5) is 0 Å². The van der Waals surface area contributed by atoms with E-state index in [-0.39, 0.29) is 5.75 Å². The van der Waals surface area contributed by atoms with Crippen LogP contribution in [0.3, 0.4) is 0 Å². The Hall–Kier alpha value is 0.337. The minimum atomic E-state index is -3.44. The van der Waals surface area contributed by atoms with Crippen molar-refractivity contribution in [2.75, 3.05) is 27.1 Å². The Morgan fingerprint density at radius 2 is 1.57 bits per heavy atom. The second-order valence-electron chi connectivity index (χ2n) is 2.64. The lowest BCUT2D eigenvalue weighted by Gasteiger charge is -2.23. The molecule has 0 saturated carbocycles. The van der Waals surface area contributed by atoms with Crippen LogP contribution >= 0.6 is 10.7 Å². The Balaban J connectivity index is 4.08. The van der Waals surface area contributed by atoms with Crippen LogP contribution in [-0.4, -0.2) is 44.3 Å². The van der Waals surface area contributed by atoms with Crippen LogP contribution in [0, 0.1) is 0 Å². The molecule has 86 valence electrons. The fourth-order valence-electron chi connectivity index (χ4n) is 1.02. The lowest BCUT2D eigenvalue weighted by Crippen LogP contribution is -2.42. The topological polar surface area (TPSA) is 61.8 Å². The molecule has 0 aliphatic rings. The van der Waals surface area contributed by atoms with Gasteiger partial charge in [0.1, 0.15) is 0 Å². The zero-order chi connectivity index (χ0) is 11.2. The van der Waals surface area contributed by atoms with Gasteiger partial charge in [-0.1, -0.05) is 0 Å². The predicted molar refractivity (Wildman–Crippen MR) is 55.8 cm³/mol. The fourth-order valence-corrected chi connectivity index (χ4v) is 3.81. The minimum absolute atomic E-state index is 0.0978. The third-order valence-electron chi connectivity index (χ3n) is 1.80. The summed E-state index contributed by atoms with van der Waals surface area (Å²) in [6, 6.07) is 0.433. The first kappa shape index (κ1) is 14.3. The highest BCUT2D eigenvalue weighted by atomic mass is 35.7. The van der Waals surface area contributed by atoms with Crippen molar-refractivity contribution in [3.05, 3.63) is 0 Å². The molecule has 0 bridgehead atoms. The maximum Gasteiger partial charge on any atom is 0.500 e. The summed E-state index contributed by atoms with van der Waals surface area (Å²) in [5.74, 6) is -0.0978. The van der Waals surface area contributed by atoms with Gasteiger partial charge in [-0.15, -0.1) is 0 Å². The molecule has 0 heterocycles. The molecule has 8 heteroatoms. The lowest BCUT2D eigenvalue weighted by molar-refractivity contribution is 0.123. The van der Waals surface area contributed by atoms with E-state index in [1.807, 2.05) is 0 Å². The highest BCUT2D eigenvalue weighted by Gasteiger charge is 2.37. The Labute approximate surface area is 90.1 Å². The molecular formula is C6H15ClO5SSi. The van der Waals surface area contributed by atoms with Gasteiger partial charge in [-0.3, -0.25) is 0 Å². The molecule has 0 N–H and O–H groups in total. The van der Waals surface area contributed by atoms with E-state index in [1.54, 1.807) is 0 Å². The lowest BCUT2D eigenvalue weighted by atomic mass is 10.6. The van der Waals surface area contributed by atoms with Crippen molar-refractivity contribution >= 4 is 28.5 Å². The van der Waals surface area contributed by atoms with E-state index in [2.05, 4.69) is 0 Å². The van der Waals surface area contributed by atoms with Crippen LogP contribution < -0.4 is 0 Å². The van der Waals surface area contributed by atoms with Gasteiger partial charge in [0.2, 0.25) is 9.05 Å². The van der Waals surface area contributed by atoms with E-state index in [9.17, 15) is 8.42 Å². The Morgan fingerprint density at radius 1 is 1.14 bits per heavy atom. The van der Waals surface area contributed by atoms with Gasteiger partial charge in [-0.25, -0.2) is 8.42 Å². The summed E-state index contributed by atoms with van der Waals surface area (Å²) in [7, 11) is 3.41. The molecule has 14 heavy (non-hydrogen) atoms. The SMILES string of the molecule is CO[Si](CCCS(=O)(=O)Cl)(OC)OC. The van der Waals surface area contributed by atoms with E-state index >= 15 is 0 Å². The van der Waals surface area contributed by atoms with Crippen LogP contribution in [0.1, 0.15) is 6.42 Å². The van der Waals surface area contributed by atoms with Crippen LogP contribution in [-0.2, 0) is 22.3 Å². The van der Waals surface area contributed by atoms with Crippen molar-refractivity contribution in [3.63, 3.8) is 0 Å². The van der Waals surface area contributed by atoms with Gasteiger partial charge >= 0.3 is 8.80 Å². The van der Waals surface area contributed by atoms with E-state index in [0.717, 1.165) is 0 Å². The van der Waals surface area contributed by atoms with Gasteiger partial charge in [-0.2, -0.15) is 0 Å². The normalized spacial score (nSPS) is 13.1. The van der Waals surface area contributed by atoms with Crippen LogP contribution in [0.5, 0.6) is 0 Å². The van der Waals surface area contributed by atoms with Crippen LogP contribution in [0.25, 0.3) is 0 Å². The zero-order valence-corrected chi connectivity index (χ0v) is 11.0. The molecule has 0 amide bonds. The molecule has 5 nitrogen and oxygen atoms in total. The van der Waals surface area contributed by atoms with E-state index in [1.165, 1.54) is 21.3 Å². The molecule has 0 aliphatic heterocycles. The van der Waals surface area contributed by atoms with Gasteiger partial charge < -0.3 is 13.3 Å². The molecule has 0 atom stereocenters. The average molecular weight is 263 g/mol. The Bertz CT molecular complexity index is 243. The summed E-state index contributed by atoms with van der Waals surface area (Å²) in [4.78, 5) is 0. The smallest absolute Gasteiger partial charge is 0.377 e. The summed E-state index contributed by atoms with van der Waals surface area (Å²) in [5.41, 5.74) is 0. The first-order valence-electron chi connectivity index (χ1n) is 3.97. The van der Waals surface area contributed by atoms with Crippen molar-refractivity contribution in [3.8, 4) is 0 Å². The van der Waals surface area contributed by atoms with Crippen molar-refractivity contribution in [1.29, 1.82) is 0 Å². The summed E-state index contributed by atoms with van der Waals surface area (Å²) in [6.45, 7) is 0. The molecule has 0 aromatic carbocycles. The Morgan fingerprint density at radius 3 is 1.86 bits per heavy atom. The molecule has 0 unspecified atom stereocenters. The first-order valence-corrected chi connectivity index (χ1v) is 8.38.